The fourth-order valence-electron chi connectivity index (χ4n) is 3.77. The van der Waals surface area contributed by atoms with E-state index in [2.05, 4.69) is 14.8 Å². The van der Waals surface area contributed by atoms with Crippen molar-refractivity contribution in [2.45, 2.75) is 57.0 Å². The maximum atomic E-state index is 12.8. The third-order valence-electron chi connectivity index (χ3n) is 5.29. The van der Waals surface area contributed by atoms with Crippen LogP contribution < -0.4 is 0 Å². The van der Waals surface area contributed by atoms with E-state index in [0.717, 1.165) is 43.6 Å². The first kappa shape index (κ1) is 16.6. The number of halogens is 1. The predicted molar refractivity (Wildman–Crippen MR) is 96.5 cm³/mol. The Hall–Kier alpha value is -1.88. The molecule has 4 rings (SSSR count). The van der Waals surface area contributed by atoms with Crippen molar-refractivity contribution in [3.05, 3.63) is 47.0 Å². The van der Waals surface area contributed by atoms with E-state index < -0.39 is 0 Å². The van der Waals surface area contributed by atoms with Crippen LogP contribution in [0.1, 0.15) is 49.5 Å². The number of carbonyl (C=O) groups is 1. The van der Waals surface area contributed by atoms with Gasteiger partial charge in [-0.1, -0.05) is 29.8 Å². The number of hydrogen-bond donors (Lipinski definition) is 0. The second-order valence-corrected chi connectivity index (χ2v) is 7.48. The number of likely N-dealkylation sites (tertiary alicyclic amines) is 1. The van der Waals surface area contributed by atoms with Gasteiger partial charge in [0.2, 0.25) is 5.91 Å². The highest BCUT2D eigenvalue weighted by atomic mass is 35.5. The van der Waals surface area contributed by atoms with E-state index in [-0.39, 0.29) is 5.91 Å². The molecular formula is C19H23ClN4O. The highest BCUT2D eigenvalue weighted by Crippen LogP contribution is 2.35. The van der Waals surface area contributed by atoms with Crippen LogP contribution in [0.2, 0.25) is 5.02 Å². The number of benzene rings is 1. The van der Waals surface area contributed by atoms with Crippen molar-refractivity contribution in [1.82, 2.24) is 19.7 Å². The van der Waals surface area contributed by atoms with Crippen molar-refractivity contribution in [3.8, 4) is 0 Å². The summed E-state index contributed by atoms with van der Waals surface area (Å²) in [5.41, 5.74) is 0.910. The highest BCUT2D eigenvalue weighted by Gasteiger charge is 2.30. The Balaban J connectivity index is 1.37. The number of hydrogen-bond acceptors (Lipinski definition) is 3. The van der Waals surface area contributed by atoms with Gasteiger partial charge in [0.05, 0.1) is 6.42 Å². The number of carbonyl (C=O) groups excluding carboxylic acids is 1. The number of rotatable bonds is 6. The molecule has 2 fully saturated rings. The summed E-state index contributed by atoms with van der Waals surface area (Å²) in [4.78, 5) is 14.8. The van der Waals surface area contributed by atoms with Crippen LogP contribution in [0.5, 0.6) is 0 Å². The molecule has 1 atom stereocenters. The van der Waals surface area contributed by atoms with E-state index in [1.54, 1.807) is 0 Å². The van der Waals surface area contributed by atoms with Gasteiger partial charge in [0, 0.05) is 30.1 Å². The molecule has 1 unspecified atom stereocenters. The number of aromatic nitrogens is 3. The normalized spacial score (nSPS) is 20.2. The van der Waals surface area contributed by atoms with Crippen molar-refractivity contribution in [2.75, 3.05) is 6.54 Å². The van der Waals surface area contributed by atoms with Crippen molar-refractivity contribution in [2.24, 2.45) is 0 Å². The van der Waals surface area contributed by atoms with Gasteiger partial charge in [-0.05, 0) is 43.7 Å². The molecule has 1 aromatic heterocycles. The lowest BCUT2D eigenvalue weighted by atomic mass is 10.1. The van der Waals surface area contributed by atoms with Crippen LogP contribution in [0.15, 0.2) is 30.6 Å². The lowest BCUT2D eigenvalue weighted by Crippen LogP contribution is -2.37. The molecule has 2 aliphatic rings. The second-order valence-electron chi connectivity index (χ2n) is 7.08. The van der Waals surface area contributed by atoms with E-state index >= 15 is 0 Å². The molecular weight excluding hydrogens is 336 g/mol. The maximum absolute atomic E-state index is 12.8. The van der Waals surface area contributed by atoms with E-state index in [1.165, 1.54) is 12.8 Å². The second kappa shape index (κ2) is 7.16. The van der Waals surface area contributed by atoms with Gasteiger partial charge < -0.3 is 9.47 Å². The first-order chi connectivity index (χ1) is 12.2. The molecule has 6 heteroatoms. The summed E-state index contributed by atoms with van der Waals surface area (Å²) in [7, 11) is 0. The summed E-state index contributed by atoms with van der Waals surface area (Å²) in [5.74, 6) is 1.24. The standard InChI is InChI=1S/C19H23ClN4O/c20-17-6-2-1-4-14(17)12-19(25)23-11-3-5-15(23)9-10-18-22-21-13-24(18)16-7-8-16/h1-2,4,6,13,15-16H,3,5,7-12H2. The molecule has 1 saturated heterocycles. The maximum Gasteiger partial charge on any atom is 0.227 e. The molecule has 0 spiro atoms. The molecule has 1 aliphatic carbocycles. The monoisotopic (exact) mass is 358 g/mol. The molecule has 25 heavy (non-hydrogen) atoms. The van der Waals surface area contributed by atoms with Crippen LogP contribution in [0.25, 0.3) is 0 Å². The fraction of sp³-hybridized carbons (Fsp3) is 0.526. The van der Waals surface area contributed by atoms with Gasteiger partial charge in [0.25, 0.3) is 0 Å². The summed E-state index contributed by atoms with van der Waals surface area (Å²) in [6, 6.07) is 8.51. The molecule has 1 aliphatic heterocycles. The van der Waals surface area contributed by atoms with E-state index in [0.29, 0.717) is 23.5 Å². The smallest absolute Gasteiger partial charge is 0.227 e. The lowest BCUT2D eigenvalue weighted by Gasteiger charge is -2.25. The van der Waals surface area contributed by atoms with Crippen molar-refractivity contribution in [1.29, 1.82) is 0 Å². The van der Waals surface area contributed by atoms with Gasteiger partial charge in [0.15, 0.2) is 0 Å². The first-order valence-corrected chi connectivity index (χ1v) is 9.51. The molecule has 5 nitrogen and oxygen atoms in total. The molecule has 1 amide bonds. The minimum Gasteiger partial charge on any atom is -0.339 e. The van der Waals surface area contributed by atoms with Gasteiger partial charge in [-0.3, -0.25) is 4.79 Å². The van der Waals surface area contributed by atoms with Gasteiger partial charge in [-0.15, -0.1) is 10.2 Å². The molecule has 0 radical (unpaired) electrons. The zero-order valence-electron chi connectivity index (χ0n) is 14.3. The van der Waals surface area contributed by atoms with E-state index in [1.807, 2.05) is 35.5 Å². The minimum atomic E-state index is 0.180. The quantitative estimate of drug-likeness (QED) is 0.794. The predicted octanol–water partition coefficient (Wildman–Crippen LogP) is 3.43. The molecule has 2 aromatic rings. The third kappa shape index (κ3) is 3.71. The minimum absolute atomic E-state index is 0.180. The first-order valence-electron chi connectivity index (χ1n) is 9.13. The molecule has 2 heterocycles. The topological polar surface area (TPSA) is 51.0 Å². The van der Waals surface area contributed by atoms with Crippen molar-refractivity contribution >= 4 is 17.5 Å². The summed E-state index contributed by atoms with van der Waals surface area (Å²) < 4.78 is 2.21. The molecule has 1 aromatic carbocycles. The van der Waals surface area contributed by atoms with Crippen LogP contribution in [-0.2, 0) is 17.6 Å². The Kier molecular flexibility index (Phi) is 4.75. The van der Waals surface area contributed by atoms with E-state index in [4.69, 9.17) is 11.6 Å². The molecule has 1 saturated carbocycles. The molecule has 132 valence electrons. The lowest BCUT2D eigenvalue weighted by molar-refractivity contribution is -0.131. The average molecular weight is 359 g/mol. The number of nitrogens with zero attached hydrogens (tertiary/aromatic N) is 4. The van der Waals surface area contributed by atoms with Crippen LogP contribution in [-0.4, -0.2) is 38.2 Å². The summed E-state index contributed by atoms with van der Waals surface area (Å²) >= 11 is 6.20. The Labute approximate surface area is 153 Å². The average Bonchev–Trinajstić information content (AvgIpc) is 3.16. The zero-order chi connectivity index (χ0) is 17.2. The van der Waals surface area contributed by atoms with Crippen LogP contribution >= 0.6 is 11.6 Å². The summed E-state index contributed by atoms with van der Waals surface area (Å²) in [6.45, 7) is 0.850. The fourth-order valence-corrected chi connectivity index (χ4v) is 3.97. The van der Waals surface area contributed by atoms with Gasteiger partial charge in [0.1, 0.15) is 12.2 Å². The molecule has 0 N–H and O–H groups in total. The molecule has 0 bridgehead atoms. The van der Waals surface area contributed by atoms with Gasteiger partial charge in [-0.2, -0.15) is 0 Å². The number of amides is 1. The van der Waals surface area contributed by atoms with Crippen LogP contribution in [0.3, 0.4) is 0 Å². The van der Waals surface area contributed by atoms with Crippen molar-refractivity contribution < 1.29 is 4.79 Å². The summed E-state index contributed by atoms with van der Waals surface area (Å²) in [6.07, 6.45) is 8.70. The Morgan fingerprint density at radius 3 is 2.88 bits per heavy atom. The number of aryl methyl sites for hydroxylation is 1. The van der Waals surface area contributed by atoms with Gasteiger partial charge >= 0.3 is 0 Å². The third-order valence-corrected chi connectivity index (χ3v) is 5.65. The Bertz CT molecular complexity index is 755. The van der Waals surface area contributed by atoms with Gasteiger partial charge in [-0.25, -0.2) is 0 Å². The SMILES string of the molecule is O=C(Cc1ccccc1Cl)N1CCCC1CCc1nncn1C1CC1. The zero-order valence-corrected chi connectivity index (χ0v) is 15.0. The Morgan fingerprint density at radius 1 is 1.24 bits per heavy atom. The largest absolute Gasteiger partial charge is 0.339 e. The van der Waals surface area contributed by atoms with E-state index in [9.17, 15) is 4.79 Å². The van der Waals surface area contributed by atoms with Crippen LogP contribution in [0.4, 0.5) is 0 Å². The van der Waals surface area contributed by atoms with Crippen LogP contribution in [0, 0.1) is 0 Å². The Morgan fingerprint density at radius 2 is 2.08 bits per heavy atom. The summed E-state index contributed by atoms with van der Waals surface area (Å²) in [5, 5.41) is 9.02. The van der Waals surface area contributed by atoms with Crippen molar-refractivity contribution in [3.63, 3.8) is 0 Å². The highest BCUT2D eigenvalue weighted by molar-refractivity contribution is 6.31.